The lowest BCUT2D eigenvalue weighted by Crippen LogP contribution is -1.91. The molecule has 19 heavy (non-hydrogen) atoms. The fourth-order valence-corrected chi connectivity index (χ4v) is 1.44. The van der Waals surface area contributed by atoms with Gasteiger partial charge in [-0.15, -0.1) is 0 Å². The van der Waals surface area contributed by atoms with E-state index in [1.807, 2.05) is 0 Å². The standard InChI is InChI=1S/2C9H18.CH4/c2*1-7(2)6-9(5)8(3)4;/h2*6-8H,1-5H3;1H4/b9-6+;9-6-;. The summed E-state index contributed by atoms with van der Waals surface area (Å²) < 4.78 is 0. The van der Waals surface area contributed by atoms with Crippen molar-refractivity contribution in [3.63, 3.8) is 0 Å². The summed E-state index contributed by atoms with van der Waals surface area (Å²) >= 11 is 0. The van der Waals surface area contributed by atoms with Crippen LogP contribution in [0, 0.1) is 23.7 Å². The van der Waals surface area contributed by atoms with Crippen LogP contribution in [0.1, 0.15) is 76.7 Å². The van der Waals surface area contributed by atoms with Crippen LogP contribution in [0.2, 0.25) is 0 Å². The molecule has 0 N–H and O–H groups in total. The SMILES string of the molecule is C.C/C(=C/C(C)C)C(C)C.C/C(=C\C(C)C)C(C)C. The first-order chi connectivity index (χ1) is 8.07. The van der Waals surface area contributed by atoms with E-state index in [9.17, 15) is 0 Å². The molecule has 0 fully saturated rings. The molecule has 0 spiro atoms. The van der Waals surface area contributed by atoms with Crippen molar-refractivity contribution in [1.29, 1.82) is 0 Å². The first kappa shape index (κ1) is 23.6. The molecule has 0 saturated heterocycles. The van der Waals surface area contributed by atoms with Crippen LogP contribution in [0.4, 0.5) is 0 Å². The average molecular weight is 269 g/mol. The molecular weight excluding hydrogens is 228 g/mol. The first-order valence-corrected chi connectivity index (χ1v) is 7.44. The number of hydrogen-bond acceptors (Lipinski definition) is 0. The summed E-state index contributed by atoms with van der Waals surface area (Å²) in [6.45, 7) is 22.2. The van der Waals surface area contributed by atoms with Gasteiger partial charge in [-0.25, -0.2) is 0 Å². The molecule has 0 bridgehead atoms. The first-order valence-electron chi connectivity index (χ1n) is 7.44. The average Bonchev–Trinajstić information content (AvgIpc) is 2.16. The summed E-state index contributed by atoms with van der Waals surface area (Å²) in [5, 5.41) is 0. The second-order valence-electron chi connectivity index (χ2n) is 6.62. The highest BCUT2D eigenvalue weighted by molar-refractivity contribution is 5.02. The highest BCUT2D eigenvalue weighted by Gasteiger charge is 1.96. The Hall–Kier alpha value is -0.520. The third-order valence-electron chi connectivity index (χ3n) is 3.01. The normalized spacial score (nSPS) is 12.7. The summed E-state index contributed by atoms with van der Waals surface area (Å²) in [7, 11) is 0. The van der Waals surface area contributed by atoms with Gasteiger partial charge in [-0.3, -0.25) is 0 Å². The Balaban J connectivity index is -0.000000256. The van der Waals surface area contributed by atoms with Crippen LogP contribution < -0.4 is 0 Å². The second kappa shape index (κ2) is 12.5. The van der Waals surface area contributed by atoms with Gasteiger partial charge in [0.1, 0.15) is 0 Å². The number of hydrogen-bond donors (Lipinski definition) is 0. The monoisotopic (exact) mass is 268 g/mol. The molecule has 0 heterocycles. The van der Waals surface area contributed by atoms with Crippen LogP contribution in [-0.2, 0) is 0 Å². The maximum Gasteiger partial charge on any atom is -0.0263 e. The number of rotatable bonds is 4. The molecule has 0 aromatic carbocycles. The molecule has 0 saturated carbocycles. The minimum atomic E-state index is 0. The summed E-state index contributed by atoms with van der Waals surface area (Å²) in [6.07, 6.45) is 4.65. The second-order valence-corrected chi connectivity index (χ2v) is 6.62. The van der Waals surface area contributed by atoms with Crippen LogP contribution in [0.3, 0.4) is 0 Å². The van der Waals surface area contributed by atoms with Crippen molar-refractivity contribution in [1.82, 2.24) is 0 Å². The molecule has 0 rings (SSSR count). The summed E-state index contributed by atoms with van der Waals surface area (Å²) in [5.41, 5.74) is 3.01. The smallest absolute Gasteiger partial charge is 0.0263 e. The van der Waals surface area contributed by atoms with Gasteiger partial charge < -0.3 is 0 Å². The molecule has 116 valence electrons. The van der Waals surface area contributed by atoms with Gasteiger partial charge in [-0.1, -0.05) is 86.1 Å². The third-order valence-corrected chi connectivity index (χ3v) is 3.01. The van der Waals surface area contributed by atoms with Crippen molar-refractivity contribution < 1.29 is 0 Å². The quantitative estimate of drug-likeness (QED) is 0.476. The Labute approximate surface area is 124 Å². The minimum absolute atomic E-state index is 0. The van der Waals surface area contributed by atoms with Crippen molar-refractivity contribution in [2.75, 3.05) is 0 Å². The molecule has 0 aliphatic carbocycles. The lowest BCUT2D eigenvalue weighted by molar-refractivity contribution is 0.731. The van der Waals surface area contributed by atoms with E-state index in [0.717, 1.165) is 0 Å². The highest BCUT2D eigenvalue weighted by atomic mass is 14.0. The third kappa shape index (κ3) is 17.5. The highest BCUT2D eigenvalue weighted by Crippen LogP contribution is 2.11. The maximum atomic E-state index is 2.32. The van der Waals surface area contributed by atoms with Crippen molar-refractivity contribution >= 4 is 0 Å². The van der Waals surface area contributed by atoms with Crippen LogP contribution in [0.15, 0.2) is 23.3 Å². The molecule has 0 nitrogen and oxygen atoms in total. The number of allylic oxidation sites excluding steroid dienone is 4. The molecule has 0 aromatic heterocycles. The topological polar surface area (TPSA) is 0 Å². The molecule has 0 atom stereocenters. The van der Waals surface area contributed by atoms with Gasteiger partial charge in [0.25, 0.3) is 0 Å². The fourth-order valence-electron chi connectivity index (χ4n) is 1.44. The molecule has 0 radical (unpaired) electrons. The summed E-state index contributed by atoms with van der Waals surface area (Å²) in [5.74, 6) is 2.83. The molecule has 0 aliphatic heterocycles. The van der Waals surface area contributed by atoms with Crippen molar-refractivity contribution in [2.24, 2.45) is 23.7 Å². The fraction of sp³-hybridized carbons (Fsp3) is 0.789. The minimum Gasteiger partial charge on any atom is -0.0828 e. The predicted octanol–water partition coefficient (Wildman–Crippen LogP) is 7.13. The van der Waals surface area contributed by atoms with E-state index in [1.54, 1.807) is 0 Å². The molecule has 0 heteroatoms. The van der Waals surface area contributed by atoms with E-state index in [-0.39, 0.29) is 7.43 Å². The lowest BCUT2D eigenvalue weighted by atomic mass is 10.0. The van der Waals surface area contributed by atoms with Crippen molar-refractivity contribution in [3.05, 3.63) is 23.3 Å². The van der Waals surface area contributed by atoms with E-state index < -0.39 is 0 Å². The van der Waals surface area contributed by atoms with Gasteiger partial charge in [0.05, 0.1) is 0 Å². The van der Waals surface area contributed by atoms with Crippen LogP contribution in [0.25, 0.3) is 0 Å². The summed E-state index contributed by atoms with van der Waals surface area (Å²) in [6, 6.07) is 0. The lowest BCUT2D eigenvalue weighted by Gasteiger charge is -2.05. The van der Waals surface area contributed by atoms with Crippen LogP contribution in [-0.4, -0.2) is 0 Å². The van der Waals surface area contributed by atoms with Gasteiger partial charge in [-0.05, 0) is 37.5 Å². The van der Waals surface area contributed by atoms with Gasteiger partial charge in [0.15, 0.2) is 0 Å². The molecule has 0 aromatic rings. The van der Waals surface area contributed by atoms with Crippen molar-refractivity contribution in [2.45, 2.75) is 76.7 Å². The summed E-state index contributed by atoms with van der Waals surface area (Å²) in [4.78, 5) is 0. The predicted molar refractivity (Wildman–Crippen MR) is 93.6 cm³/mol. The molecule has 0 aliphatic rings. The zero-order chi connectivity index (χ0) is 14.9. The Bertz CT molecular complexity index is 221. The van der Waals surface area contributed by atoms with E-state index in [4.69, 9.17) is 0 Å². The van der Waals surface area contributed by atoms with Crippen molar-refractivity contribution in [3.8, 4) is 0 Å². The zero-order valence-corrected chi connectivity index (χ0v) is 14.5. The molecule has 0 unspecified atom stereocenters. The molecular formula is C19H40. The van der Waals surface area contributed by atoms with E-state index >= 15 is 0 Å². The maximum absolute atomic E-state index is 2.32. The Morgan fingerprint density at radius 3 is 0.842 bits per heavy atom. The van der Waals surface area contributed by atoms with Gasteiger partial charge in [0.2, 0.25) is 0 Å². The van der Waals surface area contributed by atoms with E-state index in [1.165, 1.54) is 11.1 Å². The van der Waals surface area contributed by atoms with E-state index in [2.05, 4.69) is 81.4 Å². The zero-order valence-electron chi connectivity index (χ0n) is 14.5. The molecule has 0 amide bonds. The largest absolute Gasteiger partial charge is 0.0828 e. The van der Waals surface area contributed by atoms with Gasteiger partial charge >= 0.3 is 0 Å². The Morgan fingerprint density at radius 2 is 0.789 bits per heavy atom. The van der Waals surface area contributed by atoms with Gasteiger partial charge in [-0.2, -0.15) is 0 Å². The Kier molecular flexibility index (Phi) is 15.5. The van der Waals surface area contributed by atoms with E-state index in [0.29, 0.717) is 23.7 Å². The van der Waals surface area contributed by atoms with Crippen LogP contribution >= 0.6 is 0 Å². The van der Waals surface area contributed by atoms with Gasteiger partial charge in [0, 0.05) is 0 Å². The van der Waals surface area contributed by atoms with Crippen LogP contribution in [0.5, 0.6) is 0 Å². The Morgan fingerprint density at radius 1 is 0.579 bits per heavy atom.